The Morgan fingerprint density at radius 3 is 2.48 bits per heavy atom. The Kier molecular flexibility index (Phi) is 5.90. The molecule has 0 saturated carbocycles. The van der Waals surface area contributed by atoms with Crippen LogP contribution >= 0.6 is 0 Å². The van der Waals surface area contributed by atoms with Crippen LogP contribution < -0.4 is 10.9 Å². The fourth-order valence-corrected chi connectivity index (χ4v) is 3.45. The van der Waals surface area contributed by atoms with Crippen molar-refractivity contribution in [3.8, 4) is 11.3 Å². The molecule has 158 valence electrons. The van der Waals surface area contributed by atoms with Crippen LogP contribution in [0.3, 0.4) is 0 Å². The van der Waals surface area contributed by atoms with Gasteiger partial charge >= 0.3 is 0 Å². The third kappa shape index (κ3) is 4.24. The van der Waals surface area contributed by atoms with Crippen LogP contribution in [-0.4, -0.2) is 39.2 Å². The van der Waals surface area contributed by atoms with Crippen LogP contribution in [0.5, 0.6) is 0 Å². The van der Waals surface area contributed by atoms with Crippen molar-refractivity contribution in [1.82, 2.24) is 24.9 Å². The van der Waals surface area contributed by atoms with Gasteiger partial charge in [-0.15, -0.1) is 0 Å². The standard InChI is InChI=1S/C23H23N5O3/c1-27-21(14-19(25-27)16-8-4-3-5-9-16)22(29)24-15-20-17-10-6-7-11-18(17)23(30)28(26-20)12-13-31-2/h3-11,14H,12-13,15H2,1-2H3,(H,24,29). The van der Waals surface area contributed by atoms with Gasteiger partial charge < -0.3 is 10.1 Å². The van der Waals surface area contributed by atoms with Gasteiger partial charge in [-0.3, -0.25) is 14.3 Å². The summed E-state index contributed by atoms with van der Waals surface area (Å²) in [5.74, 6) is -0.266. The third-order valence-electron chi connectivity index (χ3n) is 5.05. The molecule has 2 aromatic heterocycles. The second kappa shape index (κ2) is 8.93. The number of nitrogens with one attached hydrogen (secondary N) is 1. The van der Waals surface area contributed by atoms with E-state index in [1.165, 1.54) is 4.68 Å². The van der Waals surface area contributed by atoms with E-state index in [4.69, 9.17) is 4.74 Å². The maximum absolute atomic E-state index is 12.9. The molecule has 2 heterocycles. The van der Waals surface area contributed by atoms with Crippen LogP contribution in [0.1, 0.15) is 16.2 Å². The molecule has 4 aromatic rings. The number of rotatable bonds is 7. The van der Waals surface area contributed by atoms with Crippen LogP contribution in [0.2, 0.25) is 0 Å². The molecule has 0 saturated heterocycles. The van der Waals surface area contributed by atoms with E-state index in [0.29, 0.717) is 29.9 Å². The van der Waals surface area contributed by atoms with Crippen molar-refractivity contribution < 1.29 is 9.53 Å². The summed E-state index contributed by atoms with van der Waals surface area (Å²) in [6, 6.07) is 18.7. The number of hydrogen-bond acceptors (Lipinski definition) is 5. The molecule has 31 heavy (non-hydrogen) atoms. The number of hydrogen-bond donors (Lipinski definition) is 1. The summed E-state index contributed by atoms with van der Waals surface area (Å²) >= 11 is 0. The van der Waals surface area contributed by atoms with Crippen molar-refractivity contribution >= 4 is 16.7 Å². The molecule has 0 aliphatic carbocycles. The Balaban J connectivity index is 1.59. The highest BCUT2D eigenvalue weighted by atomic mass is 16.5. The van der Waals surface area contributed by atoms with Crippen molar-refractivity contribution in [2.24, 2.45) is 7.05 Å². The van der Waals surface area contributed by atoms with E-state index in [2.05, 4.69) is 15.5 Å². The summed E-state index contributed by atoms with van der Waals surface area (Å²) in [5.41, 5.74) is 2.54. The van der Waals surface area contributed by atoms with E-state index in [1.807, 2.05) is 48.5 Å². The van der Waals surface area contributed by atoms with Gasteiger partial charge in [0.15, 0.2) is 0 Å². The van der Waals surface area contributed by atoms with E-state index in [9.17, 15) is 9.59 Å². The van der Waals surface area contributed by atoms with Crippen molar-refractivity contribution in [3.05, 3.63) is 82.4 Å². The zero-order valence-electron chi connectivity index (χ0n) is 17.4. The lowest BCUT2D eigenvalue weighted by Crippen LogP contribution is -2.30. The Labute approximate surface area is 179 Å². The Hall–Kier alpha value is -3.78. The molecule has 1 N–H and O–H groups in total. The third-order valence-corrected chi connectivity index (χ3v) is 5.05. The molecule has 0 radical (unpaired) electrons. The Morgan fingerprint density at radius 2 is 1.74 bits per heavy atom. The fourth-order valence-electron chi connectivity index (χ4n) is 3.45. The van der Waals surface area contributed by atoms with Gasteiger partial charge in [-0.25, -0.2) is 4.68 Å². The van der Waals surface area contributed by atoms with Crippen molar-refractivity contribution in [3.63, 3.8) is 0 Å². The largest absolute Gasteiger partial charge is 0.383 e. The summed E-state index contributed by atoms with van der Waals surface area (Å²) < 4.78 is 8.02. The van der Waals surface area contributed by atoms with Crippen molar-refractivity contribution in [1.29, 1.82) is 0 Å². The number of nitrogens with zero attached hydrogens (tertiary/aromatic N) is 4. The van der Waals surface area contributed by atoms with Crippen molar-refractivity contribution in [2.75, 3.05) is 13.7 Å². The summed E-state index contributed by atoms with van der Waals surface area (Å²) in [5, 5.41) is 13.1. The molecule has 0 spiro atoms. The second-order valence-corrected chi connectivity index (χ2v) is 7.10. The molecule has 1 amide bonds. The van der Waals surface area contributed by atoms with Crippen molar-refractivity contribution in [2.45, 2.75) is 13.1 Å². The van der Waals surface area contributed by atoms with Crippen LogP contribution in [0, 0.1) is 0 Å². The first-order chi connectivity index (χ1) is 15.1. The monoisotopic (exact) mass is 417 g/mol. The number of carbonyl (C=O) groups excluding carboxylic acids is 1. The highest BCUT2D eigenvalue weighted by Gasteiger charge is 2.16. The zero-order valence-corrected chi connectivity index (χ0v) is 17.4. The lowest BCUT2D eigenvalue weighted by Gasteiger charge is -2.11. The fraction of sp³-hybridized carbons (Fsp3) is 0.217. The molecule has 0 unspecified atom stereocenters. The number of ether oxygens (including phenoxy) is 1. The van der Waals surface area contributed by atoms with Gasteiger partial charge in [0.1, 0.15) is 5.69 Å². The number of fused-ring (bicyclic) bond motifs is 1. The molecule has 0 fully saturated rings. The molecule has 0 aliphatic heterocycles. The van der Waals surface area contributed by atoms with Gasteiger partial charge in [-0.2, -0.15) is 10.2 Å². The summed E-state index contributed by atoms with van der Waals surface area (Å²) in [7, 11) is 3.31. The predicted molar refractivity (Wildman–Crippen MR) is 118 cm³/mol. The summed E-state index contributed by atoms with van der Waals surface area (Å²) in [6.07, 6.45) is 0. The molecule has 8 heteroatoms. The van der Waals surface area contributed by atoms with Gasteiger partial charge in [0.2, 0.25) is 0 Å². The van der Waals surface area contributed by atoms with E-state index < -0.39 is 0 Å². The molecular formula is C23H23N5O3. The quantitative estimate of drug-likeness (QED) is 0.499. The number of methoxy groups -OCH3 is 1. The first-order valence-corrected chi connectivity index (χ1v) is 9.94. The van der Waals surface area contributed by atoms with Crippen LogP contribution in [0.4, 0.5) is 0 Å². The van der Waals surface area contributed by atoms with E-state index >= 15 is 0 Å². The highest BCUT2D eigenvalue weighted by Crippen LogP contribution is 2.18. The molecule has 0 aliphatic rings. The smallest absolute Gasteiger partial charge is 0.274 e. The Morgan fingerprint density at radius 1 is 1.03 bits per heavy atom. The molecule has 4 rings (SSSR count). The van der Waals surface area contributed by atoms with E-state index in [0.717, 1.165) is 16.6 Å². The summed E-state index contributed by atoms with van der Waals surface area (Å²) in [4.78, 5) is 25.5. The summed E-state index contributed by atoms with van der Waals surface area (Å²) in [6.45, 7) is 0.885. The SMILES string of the molecule is COCCn1nc(CNC(=O)c2cc(-c3ccccc3)nn2C)c2ccccc2c1=O. The van der Waals surface area contributed by atoms with Crippen LogP contribution in [0.15, 0.2) is 65.5 Å². The molecule has 2 aromatic carbocycles. The number of carbonyl (C=O) groups is 1. The minimum Gasteiger partial charge on any atom is -0.383 e. The van der Waals surface area contributed by atoms with Gasteiger partial charge in [-0.05, 0) is 12.1 Å². The zero-order chi connectivity index (χ0) is 21.8. The topological polar surface area (TPSA) is 91.0 Å². The average molecular weight is 417 g/mol. The number of benzene rings is 2. The molecule has 0 atom stereocenters. The molecular weight excluding hydrogens is 394 g/mol. The number of amides is 1. The maximum Gasteiger partial charge on any atom is 0.274 e. The predicted octanol–water partition coefficient (Wildman–Crippen LogP) is 2.37. The van der Waals surface area contributed by atoms with Gasteiger partial charge in [-0.1, -0.05) is 48.5 Å². The molecule has 8 nitrogen and oxygen atoms in total. The first kappa shape index (κ1) is 20.5. The van der Waals surface area contributed by atoms with Gasteiger partial charge in [0, 0.05) is 25.1 Å². The van der Waals surface area contributed by atoms with Crippen LogP contribution in [0.25, 0.3) is 22.0 Å². The normalized spacial score (nSPS) is 11.0. The lowest BCUT2D eigenvalue weighted by atomic mass is 10.1. The maximum atomic E-state index is 12.9. The number of aromatic nitrogens is 4. The van der Waals surface area contributed by atoms with E-state index in [1.54, 1.807) is 31.0 Å². The van der Waals surface area contributed by atoms with Crippen LogP contribution in [-0.2, 0) is 24.9 Å². The van der Waals surface area contributed by atoms with Gasteiger partial charge in [0.05, 0.1) is 36.5 Å². The second-order valence-electron chi connectivity index (χ2n) is 7.10. The Bertz CT molecular complexity index is 1280. The average Bonchev–Trinajstić information content (AvgIpc) is 3.20. The molecule has 0 bridgehead atoms. The van der Waals surface area contributed by atoms with E-state index in [-0.39, 0.29) is 18.0 Å². The highest BCUT2D eigenvalue weighted by molar-refractivity contribution is 5.94. The minimum absolute atomic E-state index is 0.179. The minimum atomic E-state index is -0.266. The number of aryl methyl sites for hydroxylation is 1. The van der Waals surface area contributed by atoms with Gasteiger partial charge in [0.25, 0.3) is 11.5 Å². The first-order valence-electron chi connectivity index (χ1n) is 9.94. The lowest BCUT2D eigenvalue weighted by molar-refractivity contribution is 0.0941.